The van der Waals surface area contributed by atoms with Crippen LogP contribution >= 0.6 is 11.8 Å². The molecule has 0 bridgehead atoms. The summed E-state index contributed by atoms with van der Waals surface area (Å²) in [4.78, 5) is 0.716. The van der Waals surface area contributed by atoms with E-state index in [1.807, 2.05) is 6.07 Å². The summed E-state index contributed by atoms with van der Waals surface area (Å²) in [5.41, 5.74) is 7.28. The quantitative estimate of drug-likeness (QED) is 0.647. The van der Waals surface area contributed by atoms with E-state index in [2.05, 4.69) is 0 Å². The van der Waals surface area contributed by atoms with Crippen molar-refractivity contribution in [2.24, 2.45) is 0 Å². The molecule has 0 spiro atoms. The van der Waals surface area contributed by atoms with Crippen LogP contribution in [-0.2, 0) is 5.75 Å². The zero-order chi connectivity index (χ0) is 12.3. The van der Waals surface area contributed by atoms with Crippen molar-refractivity contribution in [1.29, 1.82) is 0 Å². The van der Waals surface area contributed by atoms with Crippen molar-refractivity contribution >= 4 is 17.4 Å². The lowest BCUT2D eigenvalue weighted by molar-refractivity contribution is 0.475. The van der Waals surface area contributed by atoms with Gasteiger partial charge in [0.05, 0.1) is 0 Å². The van der Waals surface area contributed by atoms with Gasteiger partial charge >= 0.3 is 0 Å². The maximum Gasteiger partial charge on any atom is 0.124 e. The molecule has 88 valence electrons. The van der Waals surface area contributed by atoms with E-state index in [1.165, 1.54) is 23.9 Å². The standard InChI is InChI=1S/C13H12FNOS/c14-10-4-5-12(15)13(7-10)17-8-9-2-1-3-11(16)6-9/h1-7,16H,8,15H2. The molecule has 3 N–H and O–H groups in total. The van der Waals surface area contributed by atoms with Crippen molar-refractivity contribution in [3.63, 3.8) is 0 Å². The monoisotopic (exact) mass is 249 g/mol. The van der Waals surface area contributed by atoms with Crippen LogP contribution < -0.4 is 5.73 Å². The van der Waals surface area contributed by atoms with Crippen LogP contribution in [0, 0.1) is 5.82 Å². The molecule has 0 saturated heterocycles. The van der Waals surface area contributed by atoms with Crippen molar-refractivity contribution in [1.82, 2.24) is 0 Å². The number of phenols is 1. The summed E-state index contributed by atoms with van der Waals surface area (Å²) in [5.74, 6) is 0.579. The van der Waals surface area contributed by atoms with E-state index in [0.29, 0.717) is 16.3 Å². The van der Waals surface area contributed by atoms with Crippen molar-refractivity contribution < 1.29 is 9.50 Å². The van der Waals surface area contributed by atoms with E-state index in [-0.39, 0.29) is 11.6 Å². The van der Waals surface area contributed by atoms with E-state index in [4.69, 9.17) is 5.73 Å². The smallest absolute Gasteiger partial charge is 0.124 e. The average molecular weight is 249 g/mol. The maximum atomic E-state index is 13.0. The fourth-order valence-corrected chi connectivity index (χ4v) is 2.37. The van der Waals surface area contributed by atoms with Crippen molar-refractivity contribution in [3.8, 4) is 5.75 Å². The molecule has 0 saturated carbocycles. The number of hydrogen-bond acceptors (Lipinski definition) is 3. The maximum absolute atomic E-state index is 13.0. The molecule has 0 aliphatic heterocycles. The molecule has 4 heteroatoms. The van der Waals surface area contributed by atoms with Gasteiger partial charge in [-0.1, -0.05) is 12.1 Å². The normalized spacial score (nSPS) is 10.4. The van der Waals surface area contributed by atoms with Gasteiger partial charge in [-0.05, 0) is 35.9 Å². The van der Waals surface area contributed by atoms with Crippen LogP contribution in [0.1, 0.15) is 5.56 Å². The predicted octanol–water partition coefficient (Wildman–Crippen LogP) is 3.41. The van der Waals surface area contributed by atoms with Crippen molar-refractivity contribution in [2.45, 2.75) is 10.6 Å². The van der Waals surface area contributed by atoms with Gasteiger partial charge in [0.25, 0.3) is 0 Å². The van der Waals surface area contributed by atoms with Gasteiger partial charge < -0.3 is 10.8 Å². The topological polar surface area (TPSA) is 46.2 Å². The largest absolute Gasteiger partial charge is 0.508 e. The Labute approximate surface area is 103 Å². The molecule has 0 atom stereocenters. The third-order valence-corrected chi connectivity index (χ3v) is 3.42. The second kappa shape index (κ2) is 5.10. The Morgan fingerprint density at radius 2 is 2.00 bits per heavy atom. The van der Waals surface area contributed by atoms with E-state index < -0.39 is 0 Å². The highest BCUT2D eigenvalue weighted by atomic mass is 32.2. The molecule has 2 aromatic rings. The van der Waals surface area contributed by atoms with Crippen LogP contribution in [-0.4, -0.2) is 5.11 Å². The molecular formula is C13H12FNOS. The SMILES string of the molecule is Nc1ccc(F)cc1SCc1cccc(O)c1. The minimum Gasteiger partial charge on any atom is -0.508 e. The van der Waals surface area contributed by atoms with Crippen molar-refractivity contribution in [2.75, 3.05) is 5.73 Å². The van der Waals surface area contributed by atoms with Crippen LogP contribution in [0.15, 0.2) is 47.4 Å². The summed E-state index contributed by atoms with van der Waals surface area (Å²) >= 11 is 1.45. The Hall–Kier alpha value is -1.68. The Morgan fingerprint density at radius 1 is 1.18 bits per heavy atom. The first-order valence-corrected chi connectivity index (χ1v) is 6.09. The second-order valence-corrected chi connectivity index (χ2v) is 4.66. The zero-order valence-electron chi connectivity index (χ0n) is 9.06. The summed E-state index contributed by atoms with van der Waals surface area (Å²) in [6, 6.07) is 11.3. The first kappa shape index (κ1) is 11.8. The minimum atomic E-state index is -0.294. The van der Waals surface area contributed by atoms with E-state index in [1.54, 1.807) is 24.3 Å². The van der Waals surface area contributed by atoms with Gasteiger partial charge in [-0.2, -0.15) is 0 Å². The van der Waals surface area contributed by atoms with Crippen LogP contribution in [0.25, 0.3) is 0 Å². The van der Waals surface area contributed by atoms with Gasteiger partial charge in [-0.3, -0.25) is 0 Å². The fraction of sp³-hybridized carbons (Fsp3) is 0.0769. The predicted molar refractivity (Wildman–Crippen MR) is 68.5 cm³/mol. The molecule has 0 aromatic heterocycles. The molecular weight excluding hydrogens is 237 g/mol. The van der Waals surface area contributed by atoms with Gasteiger partial charge in [0.1, 0.15) is 11.6 Å². The number of benzene rings is 2. The number of phenolic OH excluding ortho intramolecular Hbond substituents is 1. The number of nitrogen functional groups attached to an aromatic ring is 1. The van der Waals surface area contributed by atoms with Crippen molar-refractivity contribution in [3.05, 3.63) is 53.8 Å². The number of aromatic hydroxyl groups is 1. The number of halogens is 1. The van der Waals surface area contributed by atoms with Crippen LogP contribution in [0.5, 0.6) is 5.75 Å². The fourth-order valence-electron chi connectivity index (χ4n) is 1.44. The molecule has 0 unspecified atom stereocenters. The third kappa shape index (κ3) is 3.14. The van der Waals surface area contributed by atoms with Gasteiger partial charge in [-0.25, -0.2) is 4.39 Å². The molecule has 0 aliphatic rings. The summed E-state index contributed by atoms with van der Waals surface area (Å²) in [7, 11) is 0. The molecule has 2 nitrogen and oxygen atoms in total. The molecule has 0 aliphatic carbocycles. The highest BCUT2D eigenvalue weighted by Crippen LogP contribution is 2.29. The number of thioether (sulfide) groups is 1. The first-order chi connectivity index (χ1) is 8.15. The van der Waals surface area contributed by atoms with E-state index in [9.17, 15) is 9.50 Å². The molecule has 2 rings (SSSR count). The molecule has 0 fully saturated rings. The van der Waals surface area contributed by atoms with Gasteiger partial charge in [-0.15, -0.1) is 11.8 Å². The lowest BCUT2D eigenvalue weighted by Gasteiger charge is -2.05. The van der Waals surface area contributed by atoms with Crippen LogP contribution in [0.4, 0.5) is 10.1 Å². The Balaban J connectivity index is 2.09. The second-order valence-electron chi connectivity index (χ2n) is 3.64. The third-order valence-electron chi connectivity index (χ3n) is 2.28. The number of hydrogen-bond donors (Lipinski definition) is 2. The first-order valence-electron chi connectivity index (χ1n) is 5.11. The molecule has 0 radical (unpaired) electrons. The molecule has 2 aromatic carbocycles. The highest BCUT2D eigenvalue weighted by Gasteiger charge is 2.03. The van der Waals surface area contributed by atoms with Gasteiger partial charge in [0, 0.05) is 16.3 Å². The van der Waals surface area contributed by atoms with E-state index in [0.717, 1.165) is 5.56 Å². The number of nitrogens with two attached hydrogens (primary N) is 1. The summed E-state index contributed by atoms with van der Waals surface area (Å²) in [5, 5.41) is 9.32. The Bertz CT molecular complexity index is 531. The van der Waals surface area contributed by atoms with Gasteiger partial charge in [0.2, 0.25) is 0 Å². The average Bonchev–Trinajstić information content (AvgIpc) is 2.30. The molecule has 0 amide bonds. The Morgan fingerprint density at radius 3 is 2.76 bits per heavy atom. The van der Waals surface area contributed by atoms with Crippen LogP contribution in [0.3, 0.4) is 0 Å². The Kier molecular flexibility index (Phi) is 3.54. The highest BCUT2D eigenvalue weighted by molar-refractivity contribution is 7.98. The summed E-state index contributed by atoms with van der Waals surface area (Å²) in [6.07, 6.45) is 0. The van der Waals surface area contributed by atoms with E-state index >= 15 is 0 Å². The van der Waals surface area contributed by atoms with Gasteiger partial charge in [0.15, 0.2) is 0 Å². The molecule has 17 heavy (non-hydrogen) atoms. The molecule has 0 heterocycles. The number of rotatable bonds is 3. The number of anilines is 1. The van der Waals surface area contributed by atoms with Crippen LogP contribution in [0.2, 0.25) is 0 Å². The lowest BCUT2D eigenvalue weighted by atomic mass is 10.2. The summed E-state index contributed by atoms with van der Waals surface area (Å²) < 4.78 is 13.0. The summed E-state index contributed by atoms with van der Waals surface area (Å²) in [6.45, 7) is 0. The minimum absolute atomic E-state index is 0.232. The lowest BCUT2D eigenvalue weighted by Crippen LogP contribution is -1.90. The zero-order valence-corrected chi connectivity index (χ0v) is 9.88.